The third kappa shape index (κ3) is 4.41. The Bertz CT molecular complexity index is 1260. The van der Waals surface area contributed by atoms with Crippen LogP contribution in [-0.2, 0) is 9.59 Å². The summed E-state index contributed by atoms with van der Waals surface area (Å²) in [4.78, 5) is 27.0. The monoisotopic (exact) mass is 528 g/mol. The quantitative estimate of drug-likeness (QED) is 0.244. The molecule has 32 heavy (non-hydrogen) atoms. The number of nitrogens with one attached hydrogen (secondary N) is 1. The molecule has 0 saturated carbocycles. The van der Waals surface area contributed by atoms with Crippen LogP contribution in [0.25, 0.3) is 17.4 Å². The van der Waals surface area contributed by atoms with Crippen LogP contribution in [0.2, 0.25) is 5.02 Å². The van der Waals surface area contributed by atoms with E-state index in [1.165, 1.54) is 11.0 Å². The summed E-state index contributed by atoms with van der Waals surface area (Å²) in [5.41, 5.74) is 2.43. The zero-order valence-electron chi connectivity index (χ0n) is 17.2. The number of anilines is 1. The second kappa shape index (κ2) is 9.02. The number of thiocarbonyl (C=S) groups is 1. The first kappa shape index (κ1) is 22.5. The van der Waals surface area contributed by atoms with E-state index in [-0.39, 0.29) is 10.7 Å². The zero-order valence-corrected chi connectivity index (χ0v) is 20.3. The van der Waals surface area contributed by atoms with Crippen molar-refractivity contribution in [2.45, 2.75) is 19.8 Å². The molecule has 0 unspecified atom stereocenters. The molecule has 1 fully saturated rings. The molecule has 8 heteroatoms. The molecular formula is C24H18BrClN2O3S. The van der Waals surface area contributed by atoms with E-state index in [1.807, 2.05) is 36.4 Å². The van der Waals surface area contributed by atoms with Gasteiger partial charge in [0.2, 0.25) is 0 Å². The molecule has 1 saturated heterocycles. The van der Waals surface area contributed by atoms with E-state index in [0.717, 1.165) is 15.6 Å². The van der Waals surface area contributed by atoms with Gasteiger partial charge in [0.25, 0.3) is 11.8 Å². The van der Waals surface area contributed by atoms with Crippen LogP contribution in [0, 0.1) is 0 Å². The van der Waals surface area contributed by atoms with E-state index < -0.39 is 11.8 Å². The van der Waals surface area contributed by atoms with E-state index >= 15 is 0 Å². The highest BCUT2D eigenvalue weighted by molar-refractivity contribution is 9.10. The molecular weight excluding hydrogens is 512 g/mol. The Morgan fingerprint density at radius 3 is 2.47 bits per heavy atom. The van der Waals surface area contributed by atoms with Gasteiger partial charge in [0.15, 0.2) is 5.11 Å². The van der Waals surface area contributed by atoms with Crippen molar-refractivity contribution in [3.05, 3.63) is 81.0 Å². The van der Waals surface area contributed by atoms with Crippen LogP contribution < -0.4 is 10.2 Å². The molecule has 0 radical (unpaired) electrons. The van der Waals surface area contributed by atoms with Crippen molar-refractivity contribution in [3.63, 3.8) is 0 Å². The maximum Gasteiger partial charge on any atom is 0.270 e. The summed E-state index contributed by atoms with van der Waals surface area (Å²) in [6.07, 6.45) is 1.42. The molecule has 1 aliphatic rings. The van der Waals surface area contributed by atoms with Crippen LogP contribution in [0.1, 0.15) is 31.1 Å². The second-order valence-electron chi connectivity index (χ2n) is 7.53. The highest BCUT2D eigenvalue weighted by atomic mass is 79.9. The maximum atomic E-state index is 13.2. The molecule has 2 aromatic carbocycles. The van der Waals surface area contributed by atoms with Crippen molar-refractivity contribution in [3.8, 4) is 11.3 Å². The zero-order chi connectivity index (χ0) is 23.0. The van der Waals surface area contributed by atoms with E-state index in [4.69, 9.17) is 28.2 Å². The first-order valence-electron chi connectivity index (χ1n) is 9.81. The van der Waals surface area contributed by atoms with Gasteiger partial charge in [0, 0.05) is 10.0 Å². The van der Waals surface area contributed by atoms with E-state index in [0.29, 0.717) is 28.1 Å². The summed E-state index contributed by atoms with van der Waals surface area (Å²) >= 11 is 14.8. The summed E-state index contributed by atoms with van der Waals surface area (Å²) in [5, 5.41) is 3.17. The van der Waals surface area contributed by atoms with Crippen molar-refractivity contribution < 1.29 is 14.0 Å². The molecule has 0 bridgehead atoms. The molecule has 0 aliphatic carbocycles. The van der Waals surface area contributed by atoms with Crippen LogP contribution in [0.3, 0.4) is 0 Å². The fourth-order valence-corrected chi connectivity index (χ4v) is 3.99. The number of rotatable bonds is 4. The number of amides is 2. The van der Waals surface area contributed by atoms with Crippen molar-refractivity contribution in [1.29, 1.82) is 0 Å². The molecule has 0 spiro atoms. The normalized spacial score (nSPS) is 15.6. The SMILES string of the molecule is CC(C)c1ccc(N2C(=O)/C(=C/c3ccc(-c4ccc(Br)c(Cl)c4)o3)C(=O)NC2=S)cc1. The molecule has 2 amide bonds. The molecule has 1 aromatic heterocycles. The lowest BCUT2D eigenvalue weighted by Crippen LogP contribution is -2.54. The van der Waals surface area contributed by atoms with Crippen LogP contribution in [0.5, 0.6) is 0 Å². The fraction of sp³-hybridized carbons (Fsp3) is 0.125. The summed E-state index contributed by atoms with van der Waals surface area (Å²) in [5.74, 6) is 0.198. The van der Waals surface area contributed by atoms with Gasteiger partial charge in [-0.1, -0.05) is 43.6 Å². The standard InChI is InChI=1S/C24H18BrClN2O3S/c1-13(2)14-3-6-16(7-4-14)28-23(30)18(22(29)27-24(28)32)12-17-8-10-21(31-17)15-5-9-19(25)20(26)11-15/h3-13H,1-2H3,(H,27,29,32)/b18-12+. The highest BCUT2D eigenvalue weighted by Gasteiger charge is 2.34. The molecule has 1 N–H and O–H groups in total. The van der Waals surface area contributed by atoms with Crippen LogP contribution in [-0.4, -0.2) is 16.9 Å². The number of nitrogens with zero attached hydrogens (tertiary/aromatic N) is 1. The number of hydrogen-bond acceptors (Lipinski definition) is 4. The lowest BCUT2D eigenvalue weighted by Gasteiger charge is -2.29. The van der Waals surface area contributed by atoms with Gasteiger partial charge in [-0.05, 0) is 82.1 Å². The van der Waals surface area contributed by atoms with E-state index in [2.05, 4.69) is 35.1 Å². The summed E-state index contributed by atoms with van der Waals surface area (Å²) in [7, 11) is 0. The topological polar surface area (TPSA) is 62.6 Å². The Balaban J connectivity index is 1.64. The summed E-state index contributed by atoms with van der Waals surface area (Å²) in [6.45, 7) is 4.18. The molecule has 2 heterocycles. The fourth-order valence-electron chi connectivity index (χ4n) is 3.28. The predicted octanol–water partition coefficient (Wildman–Crippen LogP) is 6.32. The van der Waals surface area contributed by atoms with Gasteiger partial charge in [-0.3, -0.25) is 19.8 Å². The molecule has 0 atom stereocenters. The Morgan fingerprint density at radius 1 is 1.09 bits per heavy atom. The molecule has 162 valence electrons. The van der Waals surface area contributed by atoms with Gasteiger partial charge in [-0.15, -0.1) is 0 Å². The van der Waals surface area contributed by atoms with Crippen LogP contribution in [0.15, 0.2) is 69.1 Å². The summed E-state index contributed by atoms with van der Waals surface area (Å²) < 4.78 is 6.62. The number of hydrogen-bond donors (Lipinski definition) is 1. The lowest BCUT2D eigenvalue weighted by atomic mass is 10.0. The number of carbonyl (C=O) groups excluding carboxylic acids is 2. The van der Waals surface area contributed by atoms with Crippen LogP contribution in [0.4, 0.5) is 5.69 Å². The Morgan fingerprint density at radius 2 is 1.81 bits per heavy atom. The Kier molecular flexibility index (Phi) is 6.33. The van der Waals surface area contributed by atoms with E-state index in [1.54, 1.807) is 18.2 Å². The van der Waals surface area contributed by atoms with E-state index in [9.17, 15) is 9.59 Å². The van der Waals surface area contributed by atoms with Gasteiger partial charge < -0.3 is 4.42 Å². The van der Waals surface area contributed by atoms with Crippen molar-refractivity contribution in [1.82, 2.24) is 5.32 Å². The Hall–Kier alpha value is -2.74. The van der Waals surface area contributed by atoms with Gasteiger partial charge >= 0.3 is 0 Å². The number of carbonyl (C=O) groups is 2. The second-order valence-corrected chi connectivity index (χ2v) is 9.18. The average molecular weight is 530 g/mol. The smallest absolute Gasteiger partial charge is 0.270 e. The minimum Gasteiger partial charge on any atom is -0.457 e. The predicted molar refractivity (Wildman–Crippen MR) is 134 cm³/mol. The lowest BCUT2D eigenvalue weighted by molar-refractivity contribution is -0.122. The largest absolute Gasteiger partial charge is 0.457 e. The first-order valence-corrected chi connectivity index (χ1v) is 11.4. The minimum absolute atomic E-state index is 0.0408. The van der Waals surface area contributed by atoms with Crippen LogP contribution >= 0.6 is 39.7 Å². The van der Waals surface area contributed by atoms with Gasteiger partial charge in [-0.25, -0.2) is 0 Å². The number of furan rings is 1. The maximum absolute atomic E-state index is 13.2. The first-order chi connectivity index (χ1) is 15.2. The molecule has 1 aliphatic heterocycles. The van der Waals surface area contributed by atoms with Gasteiger partial charge in [-0.2, -0.15) is 0 Å². The third-order valence-electron chi connectivity index (χ3n) is 5.04. The highest BCUT2D eigenvalue weighted by Crippen LogP contribution is 2.31. The van der Waals surface area contributed by atoms with Gasteiger partial charge in [0.1, 0.15) is 17.1 Å². The van der Waals surface area contributed by atoms with Crippen molar-refractivity contribution in [2.75, 3.05) is 4.90 Å². The van der Waals surface area contributed by atoms with Crippen molar-refractivity contribution in [2.24, 2.45) is 0 Å². The van der Waals surface area contributed by atoms with Gasteiger partial charge in [0.05, 0.1) is 10.7 Å². The average Bonchev–Trinajstić information content (AvgIpc) is 3.22. The summed E-state index contributed by atoms with van der Waals surface area (Å²) in [6, 6.07) is 16.4. The number of benzene rings is 2. The molecule has 4 rings (SSSR count). The minimum atomic E-state index is -0.570. The Labute approximate surface area is 204 Å². The third-order valence-corrected chi connectivity index (χ3v) is 6.55. The molecule has 5 nitrogen and oxygen atoms in total. The number of halogens is 2. The molecule has 3 aromatic rings. The van der Waals surface area contributed by atoms with Crippen molar-refractivity contribution >= 4 is 68.4 Å².